The second-order valence-corrected chi connectivity index (χ2v) is 6.05. The van der Waals surface area contributed by atoms with E-state index in [0.29, 0.717) is 18.3 Å². The first-order valence-electron chi connectivity index (χ1n) is 7.96. The summed E-state index contributed by atoms with van der Waals surface area (Å²) >= 11 is 0. The Kier molecular flexibility index (Phi) is 3.37. The Hall–Kier alpha value is -2.63. The summed E-state index contributed by atoms with van der Waals surface area (Å²) in [6, 6.07) is 8.04. The molecular formula is C17H19N5O. The Balaban J connectivity index is 1.60. The van der Waals surface area contributed by atoms with Crippen LogP contribution in [-0.2, 0) is 0 Å². The summed E-state index contributed by atoms with van der Waals surface area (Å²) in [4.78, 5) is 19.1. The maximum absolute atomic E-state index is 12.9. The molecule has 0 radical (unpaired) electrons. The monoisotopic (exact) mass is 309 g/mol. The van der Waals surface area contributed by atoms with Gasteiger partial charge in [-0.25, -0.2) is 4.98 Å². The van der Waals surface area contributed by atoms with Crippen molar-refractivity contribution < 1.29 is 4.79 Å². The van der Waals surface area contributed by atoms with E-state index in [0.717, 1.165) is 36.1 Å². The number of likely N-dealkylation sites (tertiary alicyclic amines) is 1. The van der Waals surface area contributed by atoms with Crippen LogP contribution in [-0.4, -0.2) is 43.6 Å². The molecule has 1 atom stereocenters. The molecule has 1 aliphatic heterocycles. The van der Waals surface area contributed by atoms with Gasteiger partial charge >= 0.3 is 0 Å². The number of fused-ring (bicyclic) bond motifs is 1. The van der Waals surface area contributed by atoms with Gasteiger partial charge in [0.25, 0.3) is 5.91 Å². The molecule has 1 aromatic carbocycles. The van der Waals surface area contributed by atoms with Crippen molar-refractivity contribution in [2.24, 2.45) is 0 Å². The molecule has 118 valence electrons. The van der Waals surface area contributed by atoms with Crippen molar-refractivity contribution in [2.75, 3.05) is 13.1 Å². The van der Waals surface area contributed by atoms with E-state index in [1.807, 2.05) is 48.5 Å². The van der Waals surface area contributed by atoms with Crippen LogP contribution >= 0.6 is 0 Å². The molecule has 1 fully saturated rings. The lowest BCUT2D eigenvalue weighted by atomic mass is 10.0. The van der Waals surface area contributed by atoms with Crippen LogP contribution in [0.4, 0.5) is 0 Å². The van der Waals surface area contributed by atoms with Crippen molar-refractivity contribution in [2.45, 2.75) is 25.8 Å². The first kappa shape index (κ1) is 14.0. The number of aryl methyl sites for hydroxylation is 1. The van der Waals surface area contributed by atoms with Gasteiger partial charge in [-0.2, -0.15) is 5.10 Å². The van der Waals surface area contributed by atoms with E-state index < -0.39 is 0 Å². The van der Waals surface area contributed by atoms with E-state index in [9.17, 15) is 4.79 Å². The number of aromatic nitrogens is 4. The van der Waals surface area contributed by atoms with Gasteiger partial charge in [0.05, 0.1) is 11.6 Å². The summed E-state index contributed by atoms with van der Waals surface area (Å²) in [5.74, 6) is 0.999. The minimum absolute atomic E-state index is 0.00455. The van der Waals surface area contributed by atoms with Gasteiger partial charge in [-0.15, -0.1) is 0 Å². The number of nitrogens with one attached hydrogen (secondary N) is 1. The number of benzene rings is 1. The van der Waals surface area contributed by atoms with Gasteiger partial charge < -0.3 is 9.47 Å². The summed E-state index contributed by atoms with van der Waals surface area (Å²) in [5.41, 5.74) is 1.42. The molecule has 1 saturated heterocycles. The van der Waals surface area contributed by atoms with Crippen LogP contribution in [0.25, 0.3) is 10.9 Å². The molecule has 0 spiro atoms. The van der Waals surface area contributed by atoms with Crippen molar-refractivity contribution >= 4 is 16.8 Å². The van der Waals surface area contributed by atoms with Gasteiger partial charge in [-0.1, -0.05) is 18.2 Å². The van der Waals surface area contributed by atoms with Gasteiger partial charge in [0.15, 0.2) is 5.69 Å². The molecule has 0 saturated carbocycles. The van der Waals surface area contributed by atoms with Crippen molar-refractivity contribution in [3.05, 3.63) is 48.2 Å². The van der Waals surface area contributed by atoms with Crippen molar-refractivity contribution in [1.82, 2.24) is 24.6 Å². The SMILES string of the molecule is Cc1nccn1[C@H]1CCCN(C(=O)c2n[nH]c3ccccc23)C1. The molecule has 6 nitrogen and oxygen atoms in total. The first-order valence-corrected chi connectivity index (χ1v) is 7.96. The number of carbonyl (C=O) groups excluding carboxylic acids is 1. The Labute approximate surface area is 134 Å². The second-order valence-electron chi connectivity index (χ2n) is 6.05. The van der Waals surface area contributed by atoms with Gasteiger partial charge in [-0.3, -0.25) is 9.89 Å². The van der Waals surface area contributed by atoms with Crippen LogP contribution in [0.3, 0.4) is 0 Å². The van der Waals surface area contributed by atoms with E-state index >= 15 is 0 Å². The van der Waals surface area contributed by atoms with Crippen LogP contribution in [0.15, 0.2) is 36.7 Å². The molecule has 3 heterocycles. The zero-order valence-electron chi connectivity index (χ0n) is 13.1. The molecule has 0 unspecified atom stereocenters. The fourth-order valence-corrected chi connectivity index (χ4v) is 3.42. The number of nitrogens with zero attached hydrogens (tertiary/aromatic N) is 4. The smallest absolute Gasteiger partial charge is 0.275 e. The third kappa shape index (κ3) is 2.40. The average molecular weight is 309 g/mol. The molecule has 6 heteroatoms. The Morgan fingerprint density at radius 3 is 3.04 bits per heavy atom. The number of para-hydroxylation sites is 1. The topological polar surface area (TPSA) is 66.8 Å². The normalized spacial score (nSPS) is 18.5. The number of carbonyl (C=O) groups is 1. The molecule has 1 aliphatic rings. The van der Waals surface area contributed by atoms with Crippen molar-refractivity contribution in [1.29, 1.82) is 0 Å². The van der Waals surface area contributed by atoms with Crippen molar-refractivity contribution in [3.63, 3.8) is 0 Å². The second kappa shape index (κ2) is 5.53. The summed E-state index contributed by atoms with van der Waals surface area (Å²) in [6.07, 6.45) is 5.88. The Bertz CT molecular complexity index is 849. The molecular weight excluding hydrogens is 290 g/mol. The van der Waals surface area contributed by atoms with Gasteiger partial charge in [0.2, 0.25) is 0 Å². The quantitative estimate of drug-likeness (QED) is 0.791. The van der Waals surface area contributed by atoms with Gasteiger partial charge in [0.1, 0.15) is 5.82 Å². The largest absolute Gasteiger partial charge is 0.335 e. The number of imidazole rings is 1. The summed E-state index contributed by atoms with van der Waals surface area (Å²) in [5, 5.41) is 8.07. The van der Waals surface area contributed by atoms with Gasteiger partial charge in [-0.05, 0) is 25.8 Å². The maximum atomic E-state index is 12.9. The molecule has 4 rings (SSSR count). The summed E-state index contributed by atoms with van der Waals surface area (Å²) < 4.78 is 2.17. The lowest BCUT2D eigenvalue weighted by Gasteiger charge is -2.33. The standard InChI is InChI=1S/C17H19N5O/c1-12-18-8-10-22(12)13-5-4-9-21(11-13)17(23)16-14-6-2-3-7-15(14)19-20-16/h2-3,6-8,10,13H,4-5,9,11H2,1H3,(H,19,20)/t13-/m0/s1. The third-order valence-corrected chi connectivity index (χ3v) is 4.61. The fraction of sp³-hybridized carbons (Fsp3) is 0.353. The average Bonchev–Trinajstić information content (AvgIpc) is 3.20. The molecule has 1 amide bonds. The highest BCUT2D eigenvalue weighted by atomic mass is 16.2. The summed E-state index contributed by atoms with van der Waals surface area (Å²) in [7, 11) is 0. The van der Waals surface area contributed by atoms with E-state index in [-0.39, 0.29) is 5.91 Å². The molecule has 23 heavy (non-hydrogen) atoms. The number of amides is 1. The maximum Gasteiger partial charge on any atom is 0.275 e. The molecule has 0 aliphatic carbocycles. The first-order chi connectivity index (χ1) is 11.2. The highest BCUT2D eigenvalue weighted by Gasteiger charge is 2.28. The van der Waals surface area contributed by atoms with Crippen LogP contribution in [0.2, 0.25) is 0 Å². The number of H-pyrrole nitrogens is 1. The lowest BCUT2D eigenvalue weighted by Crippen LogP contribution is -2.41. The van der Waals surface area contributed by atoms with Crippen LogP contribution in [0.5, 0.6) is 0 Å². The van der Waals surface area contributed by atoms with Crippen molar-refractivity contribution in [3.8, 4) is 0 Å². The highest BCUT2D eigenvalue weighted by Crippen LogP contribution is 2.25. The van der Waals surface area contributed by atoms with Crippen LogP contribution in [0.1, 0.15) is 35.2 Å². The van der Waals surface area contributed by atoms with Crippen LogP contribution in [0, 0.1) is 6.92 Å². The number of hydrogen-bond acceptors (Lipinski definition) is 3. The number of rotatable bonds is 2. The van der Waals surface area contributed by atoms with Gasteiger partial charge in [0, 0.05) is 30.9 Å². The predicted molar refractivity (Wildman–Crippen MR) is 87.2 cm³/mol. The Morgan fingerprint density at radius 1 is 1.35 bits per heavy atom. The van der Waals surface area contributed by atoms with Crippen LogP contribution < -0.4 is 0 Å². The molecule has 3 aromatic rings. The number of piperidine rings is 1. The number of aromatic amines is 1. The molecule has 0 bridgehead atoms. The van der Waals surface area contributed by atoms with E-state index in [4.69, 9.17) is 0 Å². The zero-order valence-corrected chi connectivity index (χ0v) is 13.1. The molecule has 1 N–H and O–H groups in total. The minimum Gasteiger partial charge on any atom is -0.335 e. The lowest BCUT2D eigenvalue weighted by molar-refractivity contribution is 0.0674. The highest BCUT2D eigenvalue weighted by molar-refractivity contribution is 6.04. The fourth-order valence-electron chi connectivity index (χ4n) is 3.42. The minimum atomic E-state index is 0.00455. The predicted octanol–water partition coefficient (Wildman–Crippen LogP) is 2.55. The summed E-state index contributed by atoms with van der Waals surface area (Å²) in [6.45, 7) is 3.49. The molecule has 2 aromatic heterocycles. The van der Waals surface area contributed by atoms with E-state index in [1.165, 1.54) is 0 Å². The Morgan fingerprint density at radius 2 is 2.22 bits per heavy atom. The van der Waals surface area contributed by atoms with E-state index in [2.05, 4.69) is 19.7 Å². The third-order valence-electron chi connectivity index (χ3n) is 4.61. The number of hydrogen-bond donors (Lipinski definition) is 1. The zero-order chi connectivity index (χ0) is 15.8. The van der Waals surface area contributed by atoms with E-state index in [1.54, 1.807) is 0 Å².